The van der Waals surface area contributed by atoms with Gasteiger partial charge in [0.25, 0.3) is 10.1 Å². The van der Waals surface area contributed by atoms with E-state index < -0.39 is 10.1 Å². The van der Waals surface area contributed by atoms with Gasteiger partial charge in [0.2, 0.25) is 0 Å². The van der Waals surface area contributed by atoms with Crippen molar-refractivity contribution in [2.45, 2.75) is 52.6 Å². The fourth-order valence-corrected chi connectivity index (χ4v) is 7.54. The molecule has 6 rings (SSSR count). The van der Waals surface area contributed by atoms with E-state index in [4.69, 9.17) is 4.74 Å². The summed E-state index contributed by atoms with van der Waals surface area (Å²) >= 11 is 0. The average molecular weight is 753 g/mol. The highest BCUT2D eigenvalue weighted by atomic mass is 32.2. The lowest BCUT2D eigenvalue weighted by Crippen LogP contribution is -2.22. The second-order valence-corrected chi connectivity index (χ2v) is 15.1. The van der Waals surface area contributed by atoms with Crippen LogP contribution in [0.15, 0.2) is 156 Å². The minimum Gasteiger partial charge on any atom is -0.494 e. The molecule has 1 aliphatic rings. The quantitative estimate of drug-likeness (QED) is 0.0868. The summed E-state index contributed by atoms with van der Waals surface area (Å²) in [6.45, 7) is 14.2. The number of allylic oxidation sites excluding steroid dienone is 5. The van der Waals surface area contributed by atoms with E-state index in [0.29, 0.717) is 19.7 Å². The molecule has 0 radical (unpaired) electrons. The van der Waals surface area contributed by atoms with Crippen LogP contribution in [0.5, 0.6) is 5.75 Å². The highest BCUT2D eigenvalue weighted by Gasteiger charge is 2.21. The summed E-state index contributed by atoms with van der Waals surface area (Å²) in [4.78, 5) is 2.30. The number of ether oxygens (including phenoxy) is 1. The second-order valence-electron chi connectivity index (χ2n) is 13.7. The number of anilines is 3. The monoisotopic (exact) mass is 752 g/mol. The molecule has 0 unspecified atom stereocenters. The van der Waals surface area contributed by atoms with Crippen LogP contribution in [-0.2, 0) is 23.2 Å². The lowest BCUT2D eigenvalue weighted by atomic mass is 9.85. The van der Waals surface area contributed by atoms with Crippen LogP contribution in [0.25, 0.3) is 5.57 Å². The standard InChI is InChI=1S/C47H49N3O4S/c1-6-49(32-36-13-10-9-11-14-36)41-23-27-45(34(4)29-41)47(38-17-19-39(20-18-38)48-40-21-25-43(26-22-40)54-8-3)46-28-24-42(30-35(46)5)50(7-2)33-37-15-12-16-44(31-37)55(51,52)53/h9-31H,6-8,32-33H2,1-5H3,(H,51,52,53)/p+1. The molecule has 8 heteroatoms. The first-order valence-corrected chi connectivity index (χ1v) is 20.3. The fourth-order valence-electron chi connectivity index (χ4n) is 6.99. The van der Waals surface area contributed by atoms with Crippen LogP contribution >= 0.6 is 0 Å². The SMILES string of the molecule is CCOc1ccc(Nc2ccc(/C(=C3C=C/C(=[N+](/CC)Cc4cccc(S(=O)(=O)O)c4)C=C\3C)c3ccc(N(CC)Cc4ccccc4)cc3C)cc2)cc1. The van der Waals surface area contributed by atoms with Gasteiger partial charge in [0.1, 0.15) is 12.3 Å². The molecule has 0 spiro atoms. The first-order chi connectivity index (χ1) is 26.6. The molecular weight excluding hydrogens is 703 g/mol. The van der Waals surface area contributed by atoms with Gasteiger partial charge in [-0.25, -0.2) is 4.58 Å². The number of rotatable bonds is 14. The second kappa shape index (κ2) is 17.6. The van der Waals surface area contributed by atoms with Crippen molar-refractivity contribution in [1.29, 1.82) is 0 Å². The van der Waals surface area contributed by atoms with Gasteiger partial charge < -0.3 is 15.0 Å². The maximum Gasteiger partial charge on any atom is 0.294 e. The van der Waals surface area contributed by atoms with Crippen molar-refractivity contribution in [3.05, 3.63) is 179 Å². The molecule has 5 aromatic carbocycles. The Labute approximate surface area is 326 Å². The highest BCUT2D eigenvalue weighted by molar-refractivity contribution is 7.85. The van der Waals surface area contributed by atoms with Crippen LogP contribution in [0.4, 0.5) is 17.1 Å². The molecule has 0 bridgehead atoms. The van der Waals surface area contributed by atoms with Crippen molar-refractivity contribution in [3.8, 4) is 5.75 Å². The van der Waals surface area contributed by atoms with Gasteiger partial charge >= 0.3 is 0 Å². The van der Waals surface area contributed by atoms with Crippen LogP contribution in [0, 0.1) is 6.92 Å². The number of benzene rings is 5. The average Bonchev–Trinajstić information content (AvgIpc) is 3.19. The molecule has 0 saturated carbocycles. The highest BCUT2D eigenvalue weighted by Crippen LogP contribution is 2.37. The van der Waals surface area contributed by atoms with Crippen LogP contribution in [0.3, 0.4) is 0 Å². The number of nitrogens with one attached hydrogen (secondary N) is 1. The Morgan fingerprint density at radius 1 is 0.782 bits per heavy atom. The third-order valence-electron chi connectivity index (χ3n) is 9.87. The molecule has 282 valence electrons. The van der Waals surface area contributed by atoms with Crippen LogP contribution in [0.2, 0.25) is 0 Å². The van der Waals surface area contributed by atoms with Gasteiger partial charge in [-0.1, -0.05) is 60.7 Å². The Hall–Kier alpha value is -5.70. The Bertz CT molecular complexity index is 2360. The summed E-state index contributed by atoms with van der Waals surface area (Å²) < 4.78 is 41.1. The van der Waals surface area contributed by atoms with Crippen molar-refractivity contribution in [2.24, 2.45) is 0 Å². The van der Waals surface area contributed by atoms with E-state index in [-0.39, 0.29) is 4.90 Å². The minimum absolute atomic E-state index is 0.101. The zero-order chi connectivity index (χ0) is 39.0. The lowest BCUT2D eigenvalue weighted by molar-refractivity contribution is -0.539. The van der Waals surface area contributed by atoms with Gasteiger partial charge in [0.05, 0.1) is 11.5 Å². The van der Waals surface area contributed by atoms with Crippen molar-refractivity contribution in [1.82, 2.24) is 0 Å². The van der Waals surface area contributed by atoms with Crippen molar-refractivity contribution >= 4 is 38.5 Å². The number of aryl methyl sites for hydroxylation is 1. The zero-order valence-electron chi connectivity index (χ0n) is 32.3. The van der Waals surface area contributed by atoms with E-state index in [2.05, 4.69) is 134 Å². The largest absolute Gasteiger partial charge is 0.494 e. The van der Waals surface area contributed by atoms with Gasteiger partial charge in [0.15, 0.2) is 12.3 Å². The summed E-state index contributed by atoms with van der Waals surface area (Å²) in [6, 6.07) is 40.5. The summed E-state index contributed by atoms with van der Waals surface area (Å²) in [5, 5.41) is 3.52. The summed E-state index contributed by atoms with van der Waals surface area (Å²) in [6.07, 6.45) is 6.54. The van der Waals surface area contributed by atoms with Crippen molar-refractivity contribution in [2.75, 3.05) is 29.9 Å². The lowest BCUT2D eigenvalue weighted by Gasteiger charge is -2.25. The van der Waals surface area contributed by atoms with E-state index in [9.17, 15) is 13.0 Å². The number of hydrogen-bond donors (Lipinski definition) is 2. The van der Waals surface area contributed by atoms with E-state index >= 15 is 0 Å². The Kier molecular flexibility index (Phi) is 12.5. The van der Waals surface area contributed by atoms with Gasteiger partial charge in [-0.3, -0.25) is 4.55 Å². The molecule has 0 fully saturated rings. The fraction of sp³-hybridized carbons (Fsp3) is 0.213. The van der Waals surface area contributed by atoms with Crippen LogP contribution in [0.1, 0.15) is 55.5 Å². The molecule has 0 atom stereocenters. The Morgan fingerprint density at radius 3 is 2.09 bits per heavy atom. The molecule has 0 aromatic heterocycles. The summed E-state index contributed by atoms with van der Waals surface area (Å²) in [5.74, 6) is 0.848. The molecule has 0 amide bonds. The molecule has 0 heterocycles. The van der Waals surface area contributed by atoms with Crippen molar-refractivity contribution in [3.63, 3.8) is 0 Å². The third kappa shape index (κ3) is 9.70. The summed E-state index contributed by atoms with van der Waals surface area (Å²) in [7, 11) is -4.29. The molecule has 1 aliphatic carbocycles. The van der Waals surface area contributed by atoms with E-state index in [0.717, 1.165) is 69.3 Å². The smallest absolute Gasteiger partial charge is 0.294 e. The summed E-state index contributed by atoms with van der Waals surface area (Å²) in [5.41, 5.74) is 13.1. The van der Waals surface area contributed by atoms with Crippen LogP contribution < -0.4 is 15.0 Å². The number of hydrogen-bond acceptors (Lipinski definition) is 5. The zero-order valence-corrected chi connectivity index (χ0v) is 33.1. The topological polar surface area (TPSA) is 81.9 Å². The first kappa shape index (κ1) is 39.0. The van der Waals surface area contributed by atoms with Gasteiger partial charge in [-0.05, 0) is 140 Å². The molecule has 55 heavy (non-hydrogen) atoms. The van der Waals surface area contributed by atoms with Gasteiger partial charge in [-0.15, -0.1) is 0 Å². The van der Waals surface area contributed by atoms with E-state index in [1.165, 1.54) is 28.9 Å². The molecule has 5 aromatic rings. The Morgan fingerprint density at radius 2 is 1.47 bits per heavy atom. The van der Waals surface area contributed by atoms with Crippen LogP contribution in [-0.4, -0.2) is 43.0 Å². The number of nitrogens with zero attached hydrogens (tertiary/aromatic N) is 2. The van der Waals surface area contributed by atoms with Gasteiger partial charge in [-0.2, -0.15) is 8.42 Å². The third-order valence-corrected chi connectivity index (χ3v) is 10.7. The maximum atomic E-state index is 11.8. The normalized spacial score (nSPS) is 14.6. The molecule has 2 N–H and O–H groups in total. The van der Waals surface area contributed by atoms with E-state index in [1.54, 1.807) is 6.07 Å². The first-order valence-electron chi connectivity index (χ1n) is 18.9. The molecule has 7 nitrogen and oxygen atoms in total. The molecular formula is C47H50N3O4S+. The predicted molar refractivity (Wildman–Crippen MR) is 226 cm³/mol. The maximum absolute atomic E-state index is 11.8. The molecule has 0 aliphatic heterocycles. The van der Waals surface area contributed by atoms with Gasteiger partial charge in [0, 0.05) is 47.9 Å². The Balaban J connectivity index is 1.38. The molecule has 0 saturated heterocycles. The minimum atomic E-state index is -4.29. The van der Waals surface area contributed by atoms with Crippen molar-refractivity contribution < 1.29 is 22.3 Å². The predicted octanol–water partition coefficient (Wildman–Crippen LogP) is 10.4. The van der Waals surface area contributed by atoms with E-state index in [1.807, 2.05) is 37.3 Å².